The van der Waals surface area contributed by atoms with Crippen LogP contribution < -0.4 is 10.6 Å². The Hall–Kier alpha value is -3.40. The second kappa shape index (κ2) is 8.32. The molecule has 27 heavy (non-hydrogen) atoms. The van der Waals surface area contributed by atoms with Gasteiger partial charge in [-0.1, -0.05) is 6.07 Å². The van der Waals surface area contributed by atoms with Gasteiger partial charge in [0.1, 0.15) is 0 Å². The molecule has 1 aromatic heterocycles. The maximum Gasteiger partial charge on any atom is 0.322 e. The first-order valence-corrected chi connectivity index (χ1v) is 8.83. The van der Waals surface area contributed by atoms with E-state index in [0.717, 1.165) is 11.3 Å². The lowest BCUT2D eigenvalue weighted by Crippen LogP contribution is -2.32. The third-order valence-electron chi connectivity index (χ3n) is 4.44. The number of carbonyl (C=O) groups is 2. The first kappa shape index (κ1) is 18.4. The van der Waals surface area contributed by atoms with Crippen LogP contribution in [0.5, 0.6) is 0 Å². The number of anilines is 1. The normalized spacial score (nSPS) is 13.4. The number of aromatic nitrogens is 1. The van der Waals surface area contributed by atoms with Gasteiger partial charge in [0.05, 0.1) is 18.3 Å². The molecular weight excluding hydrogens is 342 g/mol. The zero-order chi connectivity index (χ0) is 19.2. The number of nitrogens with one attached hydrogen (secondary N) is 2. The smallest absolute Gasteiger partial charge is 0.322 e. The zero-order valence-electron chi connectivity index (χ0n) is 15.1. The average Bonchev–Trinajstić information content (AvgIpc) is 3.11. The van der Waals surface area contributed by atoms with E-state index in [1.165, 1.54) is 0 Å². The molecule has 1 atom stereocenters. The Labute approximate surface area is 158 Å². The fourth-order valence-electron chi connectivity index (χ4n) is 2.91. The number of carbonyl (C=O) groups excluding carboxylic acids is 2. The van der Waals surface area contributed by atoms with Crippen molar-refractivity contribution in [2.24, 2.45) is 0 Å². The molecule has 0 bridgehead atoms. The number of hydrogen-bond donors (Lipinski definition) is 2. The van der Waals surface area contributed by atoms with Crippen molar-refractivity contribution in [3.05, 3.63) is 59.4 Å². The van der Waals surface area contributed by atoms with Crippen LogP contribution in [0.25, 0.3) is 0 Å². The first-order chi connectivity index (χ1) is 13.1. The molecule has 1 aromatic carbocycles. The fourth-order valence-corrected chi connectivity index (χ4v) is 2.91. The minimum atomic E-state index is -0.199. The molecule has 0 saturated carbocycles. The predicted molar refractivity (Wildman–Crippen MR) is 101 cm³/mol. The molecule has 1 aliphatic heterocycles. The number of pyridine rings is 1. The van der Waals surface area contributed by atoms with Gasteiger partial charge in [0.2, 0.25) is 0 Å². The fraction of sp³-hybridized carbons (Fsp3) is 0.300. The van der Waals surface area contributed by atoms with E-state index in [1.54, 1.807) is 35.4 Å². The van der Waals surface area contributed by atoms with Crippen molar-refractivity contribution >= 4 is 17.6 Å². The highest BCUT2D eigenvalue weighted by Crippen LogP contribution is 2.21. The van der Waals surface area contributed by atoms with Crippen molar-refractivity contribution in [3.63, 3.8) is 0 Å². The van der Waals surface area contributed by atoms with Crippen LogP contribution in [0.4, 0.5) is 10.5 Å². The third-order valence-corrected chi connectivity index (χ3v) is 4.44. The molecule has 7 nitrogen and oxygen atoms in total. The van der Waals surface area contributed by atoms with Crippen molar-refractivity contribution in [2.45, 2.75) is 38.9 Å². The zero-order valence-corrected chi connectivity index (χ0v) is 15.1. The number of hydrogen-bond acceptors (Lipinski definition) is 4. The molecule has 0 fully saturated rings. The summed E-state index contributed by atoms with van der Waals surface area (Å²) in [6.45, 7) is 2.89. The van der Waals surface area contributed by atoms with E-state index in [9.17, 15) is 9.59 Å². The summed E-state index contributed by atoms with van der Waals surface area (Å²) < 4.78 is 0. The van der Waals surface area contributed by atoms with E-state index in [1.807, 2.05) is 19.1 Å². The Balaban J connectivity index is 1.54. The third kappa shape index (κ3) is 4.61. The van der Waals surface area contributed by atoms with Crippen LogP contribution in [-0.2, 0) is 13.1 Å². The van der Waals surface area contributed by atoms with Gasteiger partial charge in [-0.2, -0.15) is 5.26 Å². The van der Waals surface area contributed by atoms with Crippen LogP contribution in [0.3, 0.4) is 0 Å². The van der Waals surface area contributed by atoms with Crippen molar-refractivity contribution in [1.29, 1.82) is 5.26 Å². The Morgan fingerprint density at radius 1 is 1.26 bits per heavy atom. The summed E-state index contributed by atoms with van der Waals surface area (Å²) in [4.78, 5) is 30.6. The van der Waals surface area contributed by atoms with Gasteiger partial charge in [-0.3, -0.25) is 9.78 Å². The Morgan fingerprint density at radius 2 is 2.04 bits per heavy atom. The van der Waals surface area contributed by atoms with Crippen molar-refractivity contribution in [1.82, 2.24) is 15.2 Å². The molecule has 2 heterocycles. The van der Waals surface area contributed by atoms with Crippen molar-refractivity contribution < 1.29 is 9.59 Å². The lowest BCUT2D eigenvalue weighted by atomic mass is 10.1. The Kier molecular flexibility index (Phi) is 5.67. The van der Waals surface area contributed by atoms with E-state index < -0.39 is 0 Å². The summed E-state index contributed by atoms with van der Waals surface area (Å²) in [6, 6.07) is 12.4. The summed E-state index contributed by atoms with van der Waals surface area (Å²) >= 11 is 0. The number of urea groups is 1. The molecular formula is C20H21N5O2. The number of fused-ring (bicyclic) bond motifs is 1. The van der Waals surface area contributed by atoms with Gasteiger partial charge in [-0.25, -0.2) is 4.79 Å². The summed E-state index contributed by atoms with van der Waals surface area (Å²) in [5.41, 5.74) is 3.11. The molecule has 0 unspecified atom stereocenters. The van der Waals surface area contributed by atoms with E-state index in [0.29, 0.717) is 37.2 Å². The van der Waals surface area contributed by atoms with E-state index >= 15 is 0 Å². The number of rotatable bonds is 5. The maximum absolute atomic E-state index is 12.4. The standard InChI is InChI=1S/C20H21N5O2/c1-14(4-2-10-21)23-19(26)15-6-8-17(9-7-15)24-20(27)25-12-16-5-3-11-22-18(16)13-25/h3,5-9,11,14H,2,4,12-13H2,1H3,(H,23,26)(H,24,27)/t14-/m1/s1. The molecule has 0 aliphatic carbocycles. The van der Waals surface area contributed by atoms with Crippen LogP contribution in [0, 0.1) is 11.3 Å². The SMILES string of the molecule is C[C@H](CCC#N)NC(=O)c1ccc(NC(=O)N2Cc3cccnc3C2)cc1. The van der Waals surface area contributed by atoms with Crippen molar-refractivity contribution in [3.8, 4) is 6.07 Å². The van der Waals surface area contributed by atoms with E-state index in [2.05, 4.69) is 21.7 Å². The number of nitriles is 1. The molecule has 3 amide bonds. The lowest BCUT2D eigenvalue weighted by molar-refractivity contribution is 0.0938. The van der Waals surface area contributed by atoms with E-state index in [-0.39, 0.29) is 18.0 Å². The number of nitrogens with zero attached hydrogens (tertiary/aromatic N) is 3. The highest BCUT2D eigenvalue weighted by Gasteiger charge is 2.24. The average molecular weight is 363 g/mol. The Morgan fingerprint density at radius 3 is 2.74 bits per heavy atom. The summed E-state index contributed by atoms with van der Waals surface area (Å²) in [5.74, 6) is -0.195. The second-order valence-corrected chi connectivity index (χ2v) is 6.54. The summed E-state index contributed by atoms with van der Waals surface area (Å²) in [7, 11) is 0. The maximum atomic E-state index is 12.4. The largest absolute Gasteiger partial charge is 0.350 e. The van der Waals surface area contributed by atoms with Crippen LogP contribution in [0.15, 0.2) is 42.6 Å². The molecule has 0 radical (unpaired) electrons. The van der Waals surface area contributed by atoms with Crippen LogP contribution in [-0.4, -0.2) is 27.9 Å². The van der Waals surface area contributed by atoms with Crippen LogP contribution in [0.2, 0.25) is 0 Å². The molecule has 138 valence electrons. The van der Waals surface area contributed by atoms with Gasteiger partial charge in [0, 0.05) is 36.5 Å². The van der Waals surface area contributed by atoms with Gasteiger partial charge in [0.15, 0.2) is 0 Å². The first-order valence-electron chi connectivity index (χ1n) is 8.83. The summed E-state index contributed by atoms with van der Waals surface area (Å²) in [5, 5.41) is 14.3. The number of benzene rings is 1. The second-order valence-electron chi connectivity index (χ2n) is 6.54. The van der Waals surface area contributed by atoms with Gasteiger partial charge in [0.25, 0.3) is 5.91 Å². The monoisotopic (exact) mass is 363 g/mol. The summed E-state index contributed by atoms with van der Waals surface area (Å²) in [6.07, 6.45) is 2.75. The predicted octanol–water partition coefficient (Wildman–Crippen LogP) is 3.05. The van der Waals surface area contributed by atoms with Gasteiger partial charge in [-0.15, -0.1) is 0 Å². The van der Waals surface area contributed by atoms with Crippen LogP contribution in [0.1, 0.15) is 41.4 Å². The quantitative estimate of drug-likeness (QED) is 0.853. The van der Waals surface area contributed by atoms with Gasteiger partial charge >= 0.3 is 6.03 Å². The molecule has 0 spiro atoms. The molecule has 2 aromatic rings. The molecule has 1 aliphatic rings. The van der Waals surface area contributed by atoms with Crippen LogP contribution >= 0.6 is 0 Å². The molecule has 3 rings (SSSR count). The van der Waals surface area contributed by atoms with Crippen molar-refractivity contribution in [2.75, 3.05) is 5.32 Å². The lowest BCUT2D eigenvalue weighted by Gasteiger charge is -2.16. The molecule has 7 heteroatoms. The highest BCUT2D eigenvalue weighted by atomic mass is 16.2. The topological polar surface area (TPSA) is 98.1 Å². The van der Waals surface area contributed by atoms with E-state index in [4.69, 9.17) is 5.26 Å². The minimum absolute atomic E-state index is 0.0677. The molecule has 2 N–H and O–H groups in total. The highest BCUT2D eigenvalue weighted by molar-refractivity contribution is 5.95. The molecule has 0 saturated heterocycles. The minimum Gasteiger partial charge on any atom is -0.350 e. The van der Waals surface area contributed by atoms with Gasteiger partial charge in [-0.05, 0) is 49.2 Å². The number of amides is 3. The van der Waals surface area contributed by atoms with Gasteiger partial charge < -0.3 is 15.5 Å². The Bertz CT molecular complexity index is 848.